The quantitative estimate of drug-likeness (QED) is 0.256. The van der Waals surface area contributed by atoms with Crippen molar-refractivity contribution in [2.75, 3.05) is 0 Å². The molecule has 9 heteroatoms. The van der Waals surface area contributed by atoms with E-state index in [1.54, 1.807) is 17.0 Å². The standard InChI is InChI=1S/C8H9N7OS/c1-15-4-11-13-8(15)17-7-10-3-2-5(12-7)6(9)14-16/h2-4,16H,1H3,(H2,9,14). The molecule has 2 aromatic heterocycles. The van der Waals surface area contributed by atoms with E-state index in [1.807, 2.05) is 7.05 Å². The molecule has 0 aliphatic carbocycles. The van der Waals surface area contributed by atoms with Gasteiger partial charge in [0.05, 0.1) is 0 Å². The molecule has 0 bridgehead atoms. The van der Waals surface area contributed by atoms with Crippen molar-refractivity contribution in [1.29, 1.82) is 0 Å². The van der Waals surface area contributed by atoms with E-state index in [-0.39, 0.29) is 5.84 Å². The lowest BCUT2D eigenvalue weighted by Gasteiger charge is -2.01. The number of aryl methyl sites for hydroxylation is 1. The Bertz CT molecular complexity index is 552. The molecule has 0 aromatic carbocycles. The molecule has 8 nitrogen and oxygen atoms in total. The fourth-order valence-electron chi connectivity index (χ4n) is 1.03. The Morgan fingerprint density at radius 3 is 3.06 bits per heavy atom. The zero-order valence-corrected chi connectivity index (χ0v) is 9.66. The predicted octanol–water partition coefficient (Wildman–Crippen LogP) is -0.149. The predicted molar refractivity (Wildman–Crippen MR) is 59.7 cm³/mol. The van der Waals surface area contributed by atoms with Crippen molar-refractivity contribution in [3.8, 4) is 0 Å². The van der Waals surface area contributed by atoms with Crippen LogP contribution < -0.4 is 5.73 Å². The summed E-state index contributed by atoms with van der Waals surface area (Å²) in [4.78, 5) is 8.17. The van der Waals surface area contributed by atoms with Gasteiger partial charge in [0.25, 0.3) is 0 Å². The average Bonchev–Trinajstić information content (AvgIpc) is 2.74. The van der Waals surface area contributed by atoms with Crippen molar-refractivity contribution in [3.05, 3.63) is 24.3 Å². The van der Waals surface area contributed by atoms with Gasteiger partial charge in [-0.2, -0.15) is 0 Å². The van der Waals surface area contributed by atoms with Crippen LogP contribution in [0.1, 0.15) is 5.69 Å². The summed E-state index contributed by atoms with van der Waals surface area (Å²) in [6, 6.07) is 1.55. The Morgan fingerprint density at radius 1 is 1.59 bits per heavy atom. The molecule has 0 saturated carbocycles. The summed E-state index contributed by atoms with van der Waals surface area (Å²) in [7, 11) is 1.82. The summed E-state index contributed by atoms with van der Waals surface area (Å²) in [6.45, 7) is 0. The van der Waals surface area contributed by atoms with E-state index in [2.05, 4.69) is 25.3 Å². The molecule has 3 N–H and O–H groups in total. The van der Waals surface area contributed by atoms with Crippen molar-refractivity contribution in [3.63, 3.8) is 0 Å². The highest BCUT2D eigenvalue weighted by Crippen LogP contribution is 2.20. The summed E-state index contributed by atoms with van der Waals surface area (Å²) in [5.41, 5.74) is 5.79. The highest BCUT2D eigenvalue weighted by atomic mass is 32.2. The first-order chi connectivity index (χ1) is 8.20. The second-order valence-corrected chi connectivity index (χ2v) is 3.97. The number of hydrogen-bond donors (Lipinski definition) is 2. The smallest absolute Gasteiger partial charge is 0.198 e. The van der Waals surface area contributed by atoms with Crippen LogP contribution in [0.4, 0.5) is 0 Å². The fourth-order valence-corrected chi connectivity index (χ4v) is 1.73. The Balaban J connectivity index is 2.26. The van der Waals surface area contributed by atoms with Crippen LogP contribution in [-0.4, -0.2) is 35.8 Å². The maximum absolute atomic E-state index is 8.55. The molecule has 0 amide bonds. The maximum atomic E-state index is 8.55. The maximum Gasteiger partial charge on any atom is 0.198 e. The molecule has 17 heavy (non-hydrogen) atoms. The van der Waals surface area contributed by atoms with Gasteiger partial charge in [-0.05, 0) is 17.8 Å². The molecule has 2 aromatic rings. The van der Waals surface area contributed by atoms with Gasteiger partial charge in [-0.15, -0.1) is 10.2 Å². The van der Waals surface area contributed by atoms with Gasteiger partial charge in [-0.25, -0.2) is 9.97 Å². The molecular weight excluding hydrogens is 242 g/mol. The summed E-state index contributed by atoms with van der Waals surface area (Å²) in [5, 5.41) is 20.2. The Kier molecular flexibility index (Phi) is 3.19. The molecule has 0 aliphatic heterocycles. The lowest BCUT2D eigenvalue weighted by atomic mass is 10.4. The second kappa shape index (κ2) is 4.78. The molecule has 0 aliphatic rings. The lowest BCUT2D eigenvalue weighted by molar-refractivity contribution is 0.318. The Labute approximate surface area is 101 Å². The van der Waals surface area contributed by atoms with Gasteiger partial charge < -0.3 is 15.5 Å². The highest BCUT2D eigenvalue weighted by molar-refractivity contribution is 7.99. The highest BCUT2D eigenvalue weighted by Gasteiger charge is 2.08. The lowest BCUT2D eigenvalue weighted by Crippen LogP contribution is -2.15. The normalized spacial score (nSPS) is 11.7. The van der Waals surface area contributed by atoms with Crippen molar-refractivity contribution < 1.29 is 5.21 Å². The first kappa shape index (κ1) is 11.3. The first-order valence-electron chi connectivity index (χ1n) is 4.53. The number of nitrogens with two attached hydrogens (primary N) is 1. The molecule has 2 rings (SSSR count). The number of nitrogens with zero attached hydrogens (tertiary/aromatic N) is 6. The van der Waals surface area contributed by atoms with Crippen LogP contribution >= 0.6 is 11.8 Å². The average molecular weight is 251 g/mol. The van der Waals surface area contributed by atoms with Gasteiger partial charge >= 0.3 is 0 Å². The van der Waals surface area contributed by atoms with E-state index >= 15 is 0 Å². The third-order valence-electron chi connectivity index (χ3n) is 1.86. The van der Waals surface area contributed by atoms with Crippen LogP contribution in [0, 0.1) is 0 Å². The van der Waals surface area contributed by atoms with Crippen molar-refractivity contribution in [2.45, 2.75) is 10.3 Å². The number of aromatic nitrogens is 5. The summed E-state index contributed by atoms with van der Waals surface area (Å²) >= 11 is 1.24. The van der Waals surface area contributed by atoms with Crippen LogP contribution in [0.2, 0.25) is 0 Å². The van der Waals surface area contributed by atoms with Crippen LogP contribution in [0.5, 0.6) is 0 Å². The molecule has 0 atom stereocenters. The third kappa shape index (κ3) is 2.50. The fraction of sp³-hybridized carbons (Fsp3) is 0.125. The SMILES string of the molecule is Cn1cnnc1Sc1nccc(/C(N)=N/O)n1. The third-order valence-corrected chi connectivity index (χ3v) is 2.79. The zero-order chi connectivity index (χ0) is 12.3. The minimum Gasteiger partial charge on any atom is -0.409 e. The molecule has 0 radical (unpaired) electrons. The summed E-state index contributed by atoms with van der Waals surface area (Å²) in [5.74, 6) is -0.0628. The topological polar surface area (TPSA) is 115 Å². The largest absolute Gasteiger partial charge is 0.409 e. The van der Waals surface area contributed by atoms with E-state index in [1.165, 1.54) is 18.0 Å². The van der Waals surface area contributed by atoms with Crippen molar-refractivity contribution in [2.24, 2.45) is 17.9 Å². The molecule has 0 spiro atoms. The number of amidine groups is 1. The molecule has 2 heterocycles. The molecular formula is C8H9N7OS. The Morgan fingerprint density at radius 2 is 2.41 bits per heavy atom. The monoisotopic (exact) mass is 251 g/mol. The van der Waals surface area contributed by atoms with Crippen molar-refractivity contribution in [1.82, 2.24) is 24.7 Å². The number of hydrogen-bond acceptors (Lipinski definition) is 7. The Hall–Kier alpha value is -2.16. The molecule has 88 valence electrons. The number of oxime groups is 1. The van der Waals surface area contributed by atoms with E-state index in [0.717, 1.165) is 0 Å². The van der Waals surface area contributed by atoms with Gasteiger partial charge in [-0.3, -0.25) is 0 Å². The van der Waals surface area contributed by atoms with Gasteiger partial charge in [0, 0.05) is 13.2 Å². The van der Waals surface area contributed by atoms with Gasteiger partial charge in [-0.1, -0.05) is 5.16 Å². The number of rotatable bonds is 3. The van der Waals surface area contributed by atoms with Gasteiger partial charge in [0.15, 0.2) is 16.1 Å². The minimum absolute atomic E-state index is 0.0628. The molecule has 0 unspecified atom stereocenters. The minimum atomic E-state index is -0.0628. The zero-order valence-electron chi connectivity index (χ0n) is 8.85. The first-order valence-corrected chi connectivity index (χ1v) is 5.35. The van der Waals surface area contributed by atoms with Gasteiger partial charge in [0.2, 0.25) is 0 Å². The van der Waals surface area contributed by atoms with Gasteiger partial charge in [0.1, 0.15) is 12.0 Å². The van der Waals surface area contributed by atoms with E-state index in [4.69, 9.17) is 10.9 Å². The van der Waals surface area contributed by atoms with E-state index in [9.17, 15) is 0 Å². The summed E-state index contributed by atoms with van der Waals surface area (Å²) in [6.07, 6.45) is 3.11. The second-order valence-electron chi connectivity index (χ2n) is 3.04. The van der Waals surface area contributed by atoms with E-state index < -0.39 is 0 Å². The molecule has 0 fully saturated rings. The molecule has 0 saturated heterocycles. The van der Waals surface area contributed by atoms with Crippen LogP contribution in [-0.2, 0) is 7.05 Å². The van der Waals surface area contributed by atoms with Crippen LogP contribution in [0.3, 0.4) is 0 Å². The summed E-state index contributed by atoms with van der Waals surface area (Å²) < 4.78 is 1.74. The van der Waals surface area contributed by atoms with Crippen LogP contribution in [0.25, 0.3) is 0 Å². The van der Waals surface area contributed by atoms with Crippen molar-refractivity contribution >= 4 is 17.6 Å². The van der Waals surface area contributed by atoms with E-state index in [0.29, 0.717) is 16.0 Å². The van der Waals surface area contributed by atoms with Crippen LogP contribution in [0.15, 0.2) is 34.1 Å².